The highest BCUT2D eigenvalue weighted by Crippen LogP contribution is 2.34. The van der Waals surface area contributed by atoms with Crippen molar-refractivity contribution >= 4 is 29.9 Å². The van der Waals surface area contributed by atoms with Crippen molar-refractivity contribution in [2.45, 2.75) is 44.2 Å². The molecule has 3 heterocycles. The molecule has 1 N–H and O–H groups in total. The zero-order chi connectivity index (χ0) is 19.9. The molecular weight excluding hydrogens is 495 g/mol. The van der Waals surface area contributed by atoms with Crippen LogP contribution in [0.4, 0.5) is 0 Å². The van der Waals surface area contributed by atoms with Gasteiger partial charge in [-0.15, -0.1) is 24.0 Å². The van der Waals surface area contributed by atoms with Gasteiger partial charge in [0.2, 0.25) is 0 Å². The molecule has 0 amide bonds. The van der Waals surface area contributed by atoms with Crippen LogP contribution in [0.15, 0.2) is 21.8 Å². The summed E-state index contributed by atoms with van der Waals surface area (Å²) in [5.41, 5.74) is 1.26. The van der Waals surface area contributed by atoms with Gasteiger partial charge in [-0.3, -0.25) is 14.8 Å². The molecule has 0 radical (unpaired) electrons. The Hall–Kier alpha value is -0.910. The smallest absolute Gasteiger partial charge is 0.193 e. The van der Waals surface area contributed by atoms with E-state index < -0.39 is 0 Å². The molecule has 0 spiro atoms. The number of aromatic nitrogens is 1. The second-order valence-electron chi connectivity index (χ2n) is 8.54. The number of rotatable bonds is 5. The topological polar surface area (TPSA) is 69.4 Å². The standard InChI is InChI=1S/C21H36N6O2.HI/c1-22-20(26-10-8-25(9-11-26)17-19-5-14-29-24-19)23-18-21(6-3-2-4-7-21)27-12-15-28-16-13-27;/h5,14H,2-4,6-13,15-18H2,1H3,(H,22,23);1H. The number of hydrogen-bond donors (Lipinski definition) is 1. The minimum absolute atomic E-state index is 0. The minimum Gasteiger partial charge on any atom is -0.379 e. The Balaban J connectivity index is 0.00000256. The molecule has 0 aromatic carbocycles. The van der Waals surface area contributed by atoms with Gasteiger partial charge in [0, 0.05) is 71.0 Å². The fourth-order valence-electron chi connectivity index (χ4n) is 5.09. The van der Waals surface area contributed by atoms with E-state index in [9.17, 15) is 0 Å². The predicted octanol–water partition coefficient (Wildman–Crippen LogP) is 2.02. The normalized spacial score (nSPS) is 23.8. The van der Waals surface area contributed by atoms with Crippen molar-refractivity contribution in [3.63, 3.8) is 0 Å². The van der Waals surface area contributed by atoms with E-state index >= 15 is 0 Å². The fraction of sp³-hybridized carbons (Fsp3) is 0.810. The van der Waals surface area contributed by atoms with Gasteiger partial charge in [-0.1, -0.05) is 24.4 Å². The van der Waals surface area contributed by atoms with Crippen LogP contribution in [0.3, 0.4) is 0 Å². The molecule has 2 aliphatic heterocycles. The lowest BCUT2D eigenvalue weighted by atomic mass is 9.79. The molecule has 1 aromatic heterocycles. The Morgan fingerprint density at radius 1 is 1.10 bits per heavy atom. The Kier molecular flexibility index (Phi) is 9.21. The molecule has 4 rings (SSSR count). The van der Waals surface area contributed by atoms with E-state index in [1.165, 1.54) is 32.1 Å². The van der Waals surface area contributed by atoms with E-state index in [-0.39, 0.29) is 29.5 Å². The van der Waals surface area contributed by atoms with Gasteiger partial charge < -0.3 is 19.5 Å². The van der Waals surface area contributed by atoms with Gasteiger partial charge >= 0.3 is 0 Å². The third-order valence-electron chi connectivity index (χ3n) is 6.80. The van der Waals surface area contributed by atoms with E-state index in [0.29, 0.717) is 0 Å². The lowest BCUT2D eigenvalue weighted by molar-refractivity contribution is -0.0355. The van der Waals surface area contributed by atoms with E-state index in [4.69, 9.17) is 9.26 Å². The lowest BCUT2D eigenvalue weighted by Crippen LogP contribution is -2.61. The summed E-state index contributed by atoms with van der Waals surface area (Å²) in [6.45, 7) is 9.69. The van der Waals surface area contributed by atoms with Crippen LogP contribution in [0.25, 0.3) is 0 Å². The van der Waals surface area contributed by atoms with Gasteiger partial charge in [0.1, 0.15) is 6.26 Å². The van der Waals surface area contributed by atoms with Crippen molar-refractivity contribution in [2.75, 3.05) is 66.1 Å². The molecule has 0 bridgehead atoms. The summed E-state index contributed by atoms with van der Waals surface area (Å²) < 4.78 is 10.6. The molecule has 0 unspecified atom stereocenters. The molecule has 1 saturated carbocycles. The number of nitrogens with one attached hydrogen (secondary N) is 1. The summed E-state index contributed by atoms with van der Waals surface area (Å²) in [6, 6.07) is 1.95. The molecule has 1 aliphatic carbocycles. The quantitative estimate of drug-likeness (QED) is 0.354. The number of hydrogen-bond acceptors (Lipinski definition) is 6. The molecule has 0 atom stereocenters. The van der Waals surface area contributed by atoms with Crippen molar-refractivity contribution in [3.05, 3.63) is 18.0 Å². The minimum atomic E-state index is 0. The van der Waals surface area contributed by atoms with Crippen molar-refractivity contribution in [3.8, 4) is 0 Å². The summed E-state index contributed by atoms with van der Waals surface area (Å²) in [6.07, 6.45) is 8.24. The van der Waals surface area contributed by atoms with Gasteiger partial charge in [0.15, 0.2) is 5.96 Å². The maximum atomic E-state index is 5.62. The first-order chi connectivity index (χ1) is 14.3. The van der Waals surface area contributed by atoms with Crippen LogP contribution in [-0.4, -0.2) is 97.4 Å². The first kappa shape index (κ1) is 23.7. The van der Waals surface area contributed by atoms with Gasteiger partial charge in [-0.05, 0) is 12.8 Å². The number of morpholine rings is 1. The van der Waals surface area contributed by atoms with Crippen LogP contribution in [0, 0.1) is 0 Å². The van der Waals surface area contributed by atoms with E-state index in [1.807, 2.05) is 13.1 Å². The molecule has 9 heteroatoms. The van der Waals surface area contributed by atoms with Crippen molar-refractivity contribution in [1.29, 1.82) is 0 Å². The fourth-order valence-corrected chi connectivity index (χ4v) is 5.09. The van der Waals surface area contributed by atoms with Crippen LogP contribution in [-0.2, 0) is 11.3 Å². The third kappa shape index (κ3) is 5.86. The average Bonchev–Trinajstić information content (AvgIpc) is 3.30. The van der Waals surface area contributed by atoms with Crippen LogP contribution < -0.4 is 5.32 Å². The zero-order valence-corrected chi connectivity index (χ0v) is 20.6. The van der Waals surface area contributed by atoms with Crippen LogP contribution in [0.2, 0.25) is 0 Å². The Morgan fingerprint density at radius 2 is 1.83 bits per heavy atom. The molecule has 1 aromatic rings. The average molecular weight is 532 g/mol. The molecule has 8 nitrogen and oxygen atoms in total. The third-order valence-corrected chi connectivity index (χ3v) is 6.80. The Morgan fingerprint density at radius 3 is 2.47 bits per heavy atom. The van der Waals surface area contributed by atoms with Crippen LogP contribution >= 0.6 is 24.0 Å². The van der Waals surface area contributed by atoms with E-state index in [2.05, 4.69) is 30.2 Å². The van der Waals surface area contributed by atoms with Gasteiger partial charge in [-0.2, -0.15) is 0 Å². The van der Waals surface area contributed by atoms with Crippen molar-refractivity contribution in [1.82, 2.24) is 25.2 Å². The molecule has 3 fully saturated rings. The summed E-state index contributed by atoms with van der Waals surface area (Å²) in [7, 11) is 1.91. The first-order valence-corrected chi connectivity index (χ1v) is 11.2. The summed E-state index contributed by atoms with van der Waals surface area (Å²) in [4.78, 5) is 12.1. The summed E-state index contributed by atoms with van der Waals surface area (Å²) in [5, 5.41) is 7.79. The molecule has 30 heavy (non-hydrogen) atoms. The monoisotopic (exact) mass is 532 g/mol. The molecule has 2 saturated heterocycles. The highest BCUT2D eigenvalue weighted by atomic mass is 127. The number of nitrogens with zero attached hydrogens (tertiary/aromatic N) is 5. The summed E-state index contributed by atoms with van der Waals surface area (Å²) >= 11 is 0. The highest BCUT2D eigenvalue weighted by molar-refractivity contribution is 14.0. The van der Waals surface area contributed by atoms with Crippen molar-refractivity contribution in [2.24, 2.45) is 4.99 Å². The van der Waals surface area contributed by atoms with Gasteiger partial charge in [0.25, 0.3) is 0 Å². The Labute approximate surface area is 197 Å². The lowest BCUT2D eigenvalue weighted by Gasteiger charge is -2.48. The largest absolute Gasteiger partial charge is 0.379 e. The highest BCUT2D eigenvalue weighted by Gasteiger charge is 2.39. The van der Waals surface area contributed by atoms with E-state index in [0.717, 1.165) is 77.2 Å². The van der Waals surface area contributed by atoms with Crippen molar-refractivity contribution < 1.29 is 9.26 Å². The van der Waals surface area contributed by atoms with Gasteiger partial charge in [-0.25, -0.2) is 0 Å². The predicted molar refractivity (Wildman–Crippen MR) is 128 cm³/mol. The second-order valence-corrected chi connectivity index (χ2v) is 8.54. The number of halogens is 1. The van der Waals surface area contributed by atoms with E-state index in [1.54, 1.807) is 6.26 Å². The maximum absolute atomic E-state index is 5.62. The summed E-state index contributed by atoms with van der Waals surface area (Å²) in [5.74, 6) is 1.05. The Bertz CT molecular complexity index is 636. The number of piperazine rings is 1. The van der Waals surface area contributed by atoms with Gasteiger partial charge in [0.05, 0.1) is 18.9 Å². The number of ether oxygens (including phenoxy) is 1. The SMILES string of the molecule is CN=C(NCC1(N2CCOCC2)CCCCC1)N1CCN(Cc2ccon2)CC1.I. The zero-order valence-electron chi connectivity index (χ0n) is 18.2. The first-order valence-electron chi connectivity index (χ1n) is 11.2. The van der Waals surface area contributed by atoms with Crippen LogP contribution in [0.1, 0.15) is 37.8 Å². The molecular formula is C21H37IN6O2. The molecule has 3 aliphatic rings. The number of guanidine groups is 1. The number of aliphatic imine (C=N–C) groups is 1. The van der Waals surface area contributed by atoms with Crippen LogP contribution in [0.5, 0.6) is 0 Å². The maximum Gasteiger partial charge on any atom is 0.193 e. The molecule has 170 valence electrons. The second kappa shape index (κ2) is 11.6.